The first-order valence-electron chi connectivity index (χ1n) is 2.92. The Morgan fingerprint density at radius 1 is 1.67 bits per heavy atom. The largest absolute Gasteiger partial charge is 0.434 e. The Morgan fingerprint density at radius 2 is 2.33 bits per heavy atom. The monoisotopic (exact) mass is 143 g/mol. The lowest BCUT2D eigenvalue weighted by molar-refractivity contribution is 0.494. The zero-order valence-electron chi connectivity index (χ0n) is 5.52. The molecule has 0 aliphatic carbocycles. The highest BCUT2D eigenvalue weighted by Gasteiger charge is 1.98. The predicted molar refractivity (Wildman–Crippen MR) is 38.0 cm³/mol. The second kappa shape index (κ2) is 2.35. The van der Waals surface area contributed by atoms with Crippen molar-refractivity contribution in [2.75, 3.05) is 0 Å². The van der Waals surface area contributed by atoms with Gasteiger partial charge < -0.3 is 9.40 Å². The summed E-state index contributed by atoms with van der Waals surface area (Å²) in [4.78, 5) is 3.38. The van der Waals surface area contributed by atoms with Crippen LogP contribution in [0.5, 0.6) is 0 Å². The van der Waals surface area contributed by atoms with Crippen LogP contribution in [0.25, 0.3) is 0 Å². The molecule has 0 spiro atoms. The molecule has 3 heteroatoms. The summed E-state index contributed by atoms with van der Waals surface area (Å²) in [7, 11) is 0. The van der Waals surface area contributed by atoms with Crippen molar-refractivity contribution in [3.8, 4) is 0 Å². The van der Waals surface area contributed by atoms with Gasteiger partial charge in [0, 0.05) is 6.42 Å². The maximum absolute atomic E-state index is 5.12. The van der Waals surface area contributed by atoms with Gasteiger partial charge in [0.2, 0.25) is 0 Å². The highest BCUT2D eigenvalue weighted by molar-refractivity contribution is 7.71. The number of rotatable bonds is 1. The van der Waals surface area contributed by atoms with E-state index in [1.165, 1.54) is 0 Å². The molecule has 1 rings (SSSR count). The molecular weight excluding hydrogens is 134 g/mol. The van der Waals surface area contributed by atoms with E-state index in [2.05, 4.69) is 4.98 Å². The van der Waals surface area contributed by atoms with Gasteiger partial charge in [0.1, 0.15) is 5.76 Å². The average Bonchev–Trinajstić information content (AvgIpc) is 2.10. The fourth-order valence-corrected chi connectivity index (χ4v) is 1.03. The zero-order valence-corrected chi connectivity index (χ0v) is 6.34. The van der Waals surface area contributed by atoms with E-state index in [4.69, 9.17) is 16.6 Å². The van der Waals surface area contributed by atoms with Gasteiger partial charge in [-0.1, -0.05) is 6.92 Å². The van der Waals surface area contributed by atoms with Crippen LogP contribution >= 0.6 is 12.2 Å². The third-order valence-corrected chi connectivity index (χ3v) is 1.43. The van der Waals surface area contributed by atoms with Crippen molar-refractivity contribution in [2.45, 2.75) is 20.3 Å². The second-order valence-corrected chi connectivity index (χ2v) is 2.29. The Morgan fingerprint density at radius 3 is 2.56 bits per heavy atom. The molecular formula is C6H9NOS. The van der Waals surface area contributed by atoms with Gasteiger partial charge in [-0.3, -0.25) is 0 Å². The normalized spacial score (nSPS) is 10.0. The van der Waals surface area contributed by atoms with Crippen LogP contribution in [0, 0.1) is 11.8 Å². The lowest BCUT2D eigenvalue weighted by Crippen LogP contribution is -1.77. The Balaban J connectivity index is 3.16. The van der Waals surface area contributed by atoms with E-state index in [0.29, 0.717) is 4.84 Å². The second-order valence-electron chi connectivity index (χ2n) is 1.92. The first-order chi connectivity index (χ1) is 4.24. The summed E-state index contributed by atoms with van der Waals surface area (Å²) in [5.41, 5.74) is 1.04. The quantitative estimate of drug-likeness (QED) is 0.610. The van der Waals surface area contributed by atoms with Crippen LogP contribution in [-0.2, 0) is 6.42 Å². The summed E-state index contributed by atoms with van der Waals surface area (Å²) < 4.78 is 5.12. The fourth-order valence-electron chi connectivity index (χ4n) is 0.774. The molecule has 0 fully saturated rings. The molecule has 2 nitrogen and oxygen atoms in total. The van der Waals surface area contributed by atoms with Gasteiger partial charge in [0.15, 0.2) is 0 Å². The molecule has 0 amide bonds. The molecule has 1 aromatic heterocycles. The summed E-state index contributed by atoms with van der Waals surface area (Å²) >= 11 is 4.76. The van der Waals surface area contributed by atoms with Crippen LogP contribution in [0.15, 0.2) is 4.42 Å². The summed E-state index contributed by atoms with van der Waals surface area (Å²) in [6.45, 7) is 3.99. The molecule has 0 aromatic carbocycles. The number of aryl methyl sites for hydroxylation is 2. The van der Waals surface area contributed by atoms with Gasteiger partial charge >= 0.3 is 0 Å². The van der Waals surface area contributed by atoms with Crippen molar-refractivity contribution in [1.29, 1.82) is 0 Å². The third kappa shape index (κ3) is 1.21. The standard InChI is InChI=1S/C6H9NOS/c1-3-5-4(2)7-6(9)8-5/h3H2,1-2H3,(H,7,9). The average molecular weight is 143 g/mol. The maximum Gasteiger partial charge on any atom is 0.266 e. The Hall–Kier alpha value is -0.570. The lowest BCUT2D eigenvalue weighted by Gasteiger charge is -1.85. The molecule has 0 unspecified atom stereocenters. The fraction of sp³-hybridized carbons (Fsp3) is 0.500. The molecule has 50 valence electrons. The summed E-state index contributed by atoms with van der Waals surface area (Å²) in [5.74, 6) is 0.958. The highest BCUT2D eigenvalue weighted by Crippen LogP contribution is 2.06. The Bertz CT molecular complexity index is 248. The van der Waals surface area contributed by atoms with Gasteiger partial charge in [-0.2, -0.15) is 0 Å². The molecule has 1 aromatic rings. The van der Waals surface area contributed by atoms with Crippen molar-refractivity contribution in [3.63, 3.8) is 0 Å². The van der Waals surface area contributed by atoms with Crippen LogP contribution in [0.3, 0.4) is 0 Å². The lowest BCUT2D eigenvalue weighted by atomic mass is 10.3. The van der Waals surface area contributed by atoms with Gasteiger partial charge in [-0.25, -0.2) is 0 Å². The number of H-pyrrole nitrogens is 1. The molecule has 9 heavy (non-hydrogen) atoms. The Kier molecular flexibility index (Phi) is 1.71. The van der Waals surface area contributed by atoms with E-state index in [9.17, 15) is 0 Å². The van der Waals surface area contributed by atoms with E-state index in [1.54, 1.807) is 0 Å². The molecule has 0 saturated heterocycles. The topological polar surface area (TPSA) is 28.9 Å². The SMILES string of the molecule is CCc1oc(=S)[nH]c1C. The number of hydrogen-bond acceptors (Lipinski definition) is 2. The van der Waals surface area contributed by atoms with E-state index in [1.807, 2.05) is 13.8 Å². The number of hydrogen-bond donors (Lipinski definition) is 1. The Labute approximate surface area is 58.9 Å². The summed E-state index contributed by atoms with van der Waals surface area (Å²) in [5, 5.41) is 0. The van der Waals surface area contributed by atoms with Crippen LogP contribution in [-0.4, -0.2) is 4.98 Å². The van der Waals surface area contributed by atoms with Crippen LogP contribution in [0.4, 0.5) is 0 Å². The minimum atomic E-state index is 0.476. The van der Waals surface area contributed by atoms with Crippen molar-refractivity contribution in [1.82, 2.24) is 4.98 Å². The van der Waals surface area contributed by atoms with Crippen molar-refractivity contribution in [2.24, 2.45) is 0 Å². The van der Waals surface area contributed by atoms with Crippen LogP contribution in [0.1, 0.15) is 18.4 Å². The molecule has 1 heterocycles. The summed E-state index contributed by atoms with van der Waals surface area (Å²) in [6.07, 6.45) is 0.902. The van der Waals surface area contributed by atoms with Crippen molar-refractivity contribution in [3.05, 3.63) is 16.3 Å². The predicted octanol–water partition coefficient (Wildman–Crippen LogP) is 2.21. The van der Waals surface area contributed by atoms with Gasteiger partial charge in [0.05, 0.1) is 5.69 Å². The highest BCUT2D eigenvalue weighted by atomic mass is 32.1. The number of aromatic nitrogens is 1. The van der Waals surface area contributed by atoms with Crippen LogP contribution < -0.4 is 0 Å². The minimum absolute atomic E-state index is 0.476. The maximum atomic E-state index is 5.12. The number of nitrogens with one attached hydrogen (secondary N) is 1. The number of aromatic amines is 1. The first-order valence-corrected chi connectivity index (χ1v) is 3.33. The summed E-state index contributed by atoms with van der Waals surface area (Å²) in [6, 6.07) is 0. The minimum Gasteiger partial charge on any atom is -0.434 e. The molecule has 1 N–H and O–H groups in total. The number of oxazole rings is 1. The molecule has 0 aliphatic rings. The molecule has 0 aliphatic heterocycles. The first kappa shape index (κ1) is 6.55. The van der Waals surface area contributed by atoms with E-state index in [-0.39, 0.29) is 0 Å². The molecule has 0 radical (unpaired) electrons. The molecule has 0 atom stereocenters. The molecule has 0 saturated carbocycles. The smallest absolute Gasteiger partial charge is 0.266 e. The van der Waals surface area contributed by atoms with E-state index < -0.39 is 0 Å². The van der Waals surface area contributed by atoms with Gasteiger partial charge in [0.25, 0.3) is 4.84 Å². The zero-order chi connectivity index (χ0) is 6.85. The van der Waals surface area contributed by atoms with E-state index >= 15 is 0 Å². The van der Waals surface area contributed by atoms with Crippen molar-refractivity contribution < 1.29 is 4.42 Å². The van der Waals surface area contributed by atoms with Gasteiger partial charge in [-0.05, 0) is 19.1 Å². The molecule has 0 bridgehead atoms. The van der Waals surface area contributed by atoms with Crippen molar-refractivity contribution >= 4 is 12.2 Å². The van der Waals surface area contributed by atoms with E-state index in [0.717, 1.165) is 17.9 Å². The van der Waals surface area contributed by atoms with Gasteiger partial charge in [-0.15, -0.1) is 0 Å². The van der Waals surface area contributed by atoms with Crippen LogP contribution in [0.2, 0.25) is 0 Å². The third-order valence-electron chi connectivity index (χ3n) is 1.24.